The molecule has 8 nitrogen and oxygen atoms in total. The zero-order valence-corrected chi connectivity index (χ0v) is 16.2. The van der Waals surface area contributed by atoms with Crippen LogP contribution >= 0.6 is 27.7 Å². The van der Waals surface area contributed by atoms with Crippen molar-refractivity contribution in [1.82, 2.24) is 5.32 Å². The van der Waals surface area contributed by atoms with Gasteiger partial charge in [0.05, 0.1) is 27.1 Å². The van der Waals surface area contributed by atoms with Gasteiger partial charge < -0.3 is 15.2 Å². The Kier molecular flexibility index (Phi) is 5.47. The van der Waals surface area contributed by atoms with Crippen molar-refractivity contribution in [3.63, 3.8) is 0 Å². The van der Waals surface area contributed by atoms with Gasteiger partial charge in [0.1, 0.15) is 5.75 Å². The average molecular weight is 450 g/mol. The Balaban J connectivity index is 1.87. The van der Waals surface area contributed by atoms with Gasteiger partial charge in [-0.25, -0.2) is 4.99 Å². The zero-order valence-electron chi connectivity index (χ0n) is 13.8. The summed E-state index contributed by atoms with van der Waals surface area (Å²) in [6.45, 7) is 0. The van der Waals surface area contributed by atoms with Crippen LogP contribution < -0.4 is 10.1 Å². The fourth-order valence-corrected chi connectivity index (χ4v) is 3.54. The molecule has 0 spiro atoms. The molecule has 0 unspecified atom stereocenters. The highest BCUT2D eigenvalue weighted by molar-refractivity contribution is 9.10. The van der Waals surface area contributed by atoms with E-state index in [9.17, 15) is 20.0 Å². The molecule has 2 aromatic rings. The van der Waals surface area contributed by atoms with Crippen molar-refractivity contribution in [1.29, 1.82) is 0 Å². The minimum Gasteiger partial charge on any atom is -0.501 e. The first-order valence-electron chi connectivity index (χ1n) is 7.48. The number of nitro benzene ring substituents is 1. The summed E-state index contributed by atoms with van der Waals surface area (Å²) in [5, 5.41) is 23.8. The minimum absolute atomic E-state index is 0.166. The Bertz CT molecular complexity index is 989. The van der Waals surface area contributed by atoms with E-state index >= 15 is 0 Å². The lowest BCUT2D eigenvalue weighted by Crippen LogP contribution is -2.19. The number of carbonyl (C=O) groups is 1. The van der Waals surface area contributed by atoms with Crippen molar-refractivity contribution in [2.24, 2.45) is 4.99 Å². The summed E-state index contributed by atoms with van der Waals surface area (Å²) < 4.78 is 5.25. The Hall–Kier alpha value is -2.85. The van der Waals surface area contributed by atoms with Crippen molar-refractivity contribution in [2.75, 3.05) is 7.11 Å². The predicted molar refractivity (Wildman–Crippen MR) is 106 cm³/mol. The molecule has 1 heterocycles. The molecule has 0 atom stereocenters. The summed E-state index contributed by atoms with van der Waals surface area (Å²) in [6.07, 6.45) is 1.49. The summed E-state index contributed by atoms with van der Waals surface area (Å²) in [4.78, 5) is 27.2. The first-order chi connectivity index (χ1) is 12.9. The molecule has 1 aliphatic heterocycles. The molecule has 1 fully saturated rings. The fourth-order valence-electron chi connectivity index (χ4n) is 2.23. The molecule has 0 bridgehead atoms. The molecule has 2 N–H and O–H groups in total. The number of hydrogen-bond donors (Lipinski definition) is 2. The molecule has 3 rings (SSSR count). The molecular formula is C17H12BrN3O5S. The SMILES string of the molecule is COc1ccc(N=C2NC(=O)/C(=C\c3cc(Br)c(O)c([N+](=O)[O-])c3)S2)cc1. The van der Waals surface area contributed by atoms with Gasteiger partial charge in [-0.2, -0.15) is 0 Å². The van der Waals surface area contributed by atoms with E-state index in [-0.39, 0.29) is 10.4 Å². The van der Waals surface area contributed by atoms with Crippen molar-refractivity contribution in [2.45, 2.75) is 0 Å². The Morgan fingerprint density at radius 2 is 2.04 bits per heavy atom. The number of amidine groups is 1. The molecule has 0 radical (unpaired) electrons. The molecule has 0 aliphatic carbocycles. The quantitative estimate of drug-likeness (QED) is 0.414. The fraction of sp³-hybridized carbons (Fsp3) is 0.0588. The van der Waals surface area contributed by atoms with E-state index in [2.05, 4.69) is 26.2 Å². The van der Waals surface area contributed by atoms with Crippen molar-refractivity contribution < 1.29 is 19.6 Å². The third-order valence-electron chi connectivity index (χ3n) is 3.51. The number of thioether (sulfide) groups is 1. The first-order valence-corrected chi connectivity index (χ1v) is 9.09. The van der Waals surface area contributed by atoms with E-state index in [0.717, 1.165) is 11.8 Å². The summed E-state index contributed by atoms with van der Waals surface area (Å²) in [6, 6.07) is 9.69. The van der Waals surface area contributed by atoms with Gasteiger partial charge >= 0.3 is 5.69 Å². The van der Waals surface area contributed by atoms with Crippen LogP contribution in [-0.2, 0) is 4.79 Å². The number of benzene rings is 2. The second-order valence-electron chi connectivity index (χ2n) is 5.31. The smallest absolute Gasteiger partial charge is 0.312 e. The van der Waals surface area contributed by atoms with Gasteiger partial charge in [0, 0.05) is 6.07 Å². The van der Waals surface area contributed by atoms with Crippen LogP contribution in [0, 0.1) is 10.1 Å². The number of nitrogens with zero attached hydrogens (tertiary/aromatic N) is 2. The molecule has 1 saturated heterocycles. The normalized spacial score (nSPS) is 16.6. The standard InChI is InChI=1S/C17H12BrN3O5S/c1-26-11-4-2-10(3-5-11)19-17-20-16(23)14(27-17)8-9-6-12(18)15(22)13(7-9)21(24)25/h2-8,22H,1H3,(H,19,20,23)/b14-8+. The Morgan fingerprint density at radius 1 is 1.33 bits per heavy atom. The molecule has 0 aromatic heterocycles. The minimum atomic E-state index is -0.694. The number of carbonyl (C=O) groups excluding carboxylic acids is 1. The summed E-state index contributed by atoms with van der Waals surface area (Å²) in [5.74, 6) is -0.131. The van der Waals surface area contributed by atoms with Crippen LogP contribution in [0.5, 0.6) is 11.5 Å². The van der Waals surface area contributed by atoms with E-state index in [0.29, 0.717) is 27.1 Å². The van der Waals surface area contributed by atoms with E-state index in [1.807, 2.05) is 0 Å². The largest absolute Gasteiger partial charge is 0.501 e. The maximum absolute atomic E-state index is 12.2. The van der Waals surface area contributed by atoms with Crippen LogP contribution in [0.4, 0.5) is 11.4 Å². The second-order valence-corrected chi connectivity index (χ2v) is 7.19. The lowest BCUT2D eigenvalue weighted by atomic mass is 10.1. The monoisotopic (exact) mass is 449 g/mol. The molecule has 1 aliphatic rings. The maximum Gasteiger partial charge on any atom is 0.312 e. The number of nitro groups is 1. The Labute approximate surface area is 166 Å². The van der Waals surface area contributed by atoms with Crippen LogP contribution in [-0.4, -0.2) is 28.2 Å². The van der Waals surface area contributed by atoms with Gasteiger partial charge in [0.25, 0.3) is 5.91 Å². The highest BCUT2D eigenvalue weighted by Gasteiger charge is 2.25. The molecule has 0 saturated carbocycles. The third-order valence-corrected chi connectivity index (χ3v) is 5.03. The second kappa shape index (κ2) is 7.80. The van der Waals surface area contributed by atoms with Gasteiger partial charge in [-0.1, -0.05) is 0 Å². The predicted octanol–water partition coefficient (Wildman–Crippen LogP) is 3.96. The third kappa shape index (κ3) is 4.29. The number of aromatic hydroxyl groups is 1. The zero-order chi connectivity index (χ0) is 19.6. The van der Waals surface area contributed by atoms with Gasteiger partial charge in [-0.05, 0) is 69.7 Å². The van der Waals surface area contributed by atoms with E-state index in [1.54, 1.807) is 31.4 Å². The van der Waals surface area contributed by atoms with Crippen LogP contribution in [0.3, 0.4) is 0 Å². The van der Waals surface area contributed by atoms with Gasteiger partial charge in [-0.3, -0.25) is 14.9 Å². The number of phenolic OH excluding ortho intramolecular Hbond substituents is 1. The number of aliphatic imine (C=N–C) groups is 1. The molecule has 1 amide bonds. The van der Waals surface area contributed by atoms with Crippen LogP contribution in [0.25, 0.3) is 6.08 Å². The highest BCUT2D eigenvalue weighted by Crippen LogP contribution is 2.37. The first kappa shape index (κ1) is 18.9. The topological polar surface area (TPSA) is 114 Å². The number of phenols is 1. The van der Waals surface area contributed by atoms with Crippen molar-refractivity contribution in [3.05, 3.63) is 61.5 Å². The van der Waals surface area contributed by atoms with Crippen molar-refractivity contribution >= 4 is 56.2 Å². The van der Waals surface area contributed by atoms with Crippen molar-refractivity contribution in [3.8, 4) is 11.5 Å². The van der Waals surface area contributed by atoms with Gasteiger partial charge in [0.15, 0.2) is 5.17 Å². The van der Waals surface area contributed by atoms with Crippen LogP contribution in [0.2, 0.25) is 0 Å². The van der Waals surface area contributed by atoms with E-state index < -0.39 is 16.4 Å². The number of methoxy groups -OCH3 is 1. The molecule has 2 aromatic carbocycles. The van der Waals surface area contributed by atoms with Crippen LogP contribution in [0.15, 0.2) is 50.8 Å². The molecule has 27 heavy (non-hydrogen) atoms. The van der Waals surface area contributed by atoms with Crippen LogP contribution in [0.1, 0.15) is 5.56 Å². The molecule has 10 heteroatoms. The average Bonchev–Trinajstić information content (AvgIpc) is 2.97. The number of nitrogens with one attached hydrogen (secondary N) is 1. The lowest BCUT2D eigenvalue weighted by Gasteiger charge is -2.01. The summed E-state index contributed by atoms with van der Waals surface area (Å²) >= 11 is 4.19. The number of hydrogen-bond acceptors (Lipinski definition) is 7. The molecular weight excluding hydrogens is 438 g/mol. The number of rotatable bonds is 4. The number of amides is 1. The Morgan fingerprint density at radius 3 is 2.67 bits per heavy atom. The number of ether oxygens (including phenoxy) is 1. The van der Waals surface area contributed by atoms with E-state index in [1.165, 1.54) is 18.2 Å². The van der Waals surface area contributed by atoms with Gasteiger partial charge in [-0.15, -0.1) is 0 Å². The van der Waals surface area contributed by atoms with Gasteiger partial charge in [0.2, 0.25) is 5.75 Å². The molecule has 138 valence electrons. The summed E-state index contributed by atoms with van der Waals surface area (Å²) in [7, 11) is 1.57. The summed E-state index contributed by atoms with van der Waals surface area (Å²) in [5.41, 5.74) is 0.587. The lowest BCUT2D eigenvalue weighted by molar-refractivity contribution is -0.386. The number of halogens is 1. The van der Waals surface area contributed by atoms with E-state index in [4.69, 9.17) is 4.74 Å². The highest BCUT2D eigenvalue weighted by atomic mass is 79.9. The maximum atomic E-state index is 12.2.